The first-order valence-corrected chi connectivity index (χ1v) is 7.45. The maximum absolute atomic E-state index is 12.4. The smallest absolute Gasteiger partial charge is 0.251 e. The van der Waals surface area contributed by atoms with Crippen LogP contribution in [0, 0.1) is 0 Å². The fourth-order valence-electron chi connectivity index (χ4n) is 2.35. The van der Waals surface area contributed by atoms with E-state index in [1.54, 1.807) is 42.7 Å². The summed E-state index contributed by atoms with van der Waals surface area (Å²) in [7, 11) is 0. The lowest BCUT2D eigenvalue weighted by Crippen LogP contribution is -2.16. The number of ketones is 2. The van der Waals surface area contributed by atoms with Gasteiger partial charge in [-0.2, -0.15) is 0 Å². The summed E-state index contributed by atoms with van der Waals surface area (Å²) < 4.78 is 0. The second-order valence-corrected chi connectivity index (χ2v) is 5.18. The van der Waals surface area contributed by atoms with Crippen LogP contribution in [0.25, 0.3) is 11.0 Å². The fraction of sp³-hybridized carbons (Fsp3) is 0.167. The van der Waals surface area contributed by atoms with Gasteiger partial charge >= 0.3 is 0 Å². The SMILES string of the molecule is CCCc1cccc(C(=O)C(=O)c2ccc3nccnc3c2)n1. The second-order valence-electron chi connectivity index (χ2n) is 5.18. The molecule has 1 aromatic carbocycles. The molecule has 0 fully saturated rings. The van der Waals surface area contributed by atoms with E-state index in [2.05, 4.69) is 15.0 Å². The topological polar surface area (TPSA) is 72.8 Å². The molecule has 0 aliphatic rings. The van der Waals surface area contributed by atoms with Gasteiger partial charge in [0.15, 0.2) is 0 Å². The molecule has 3 rings (SSSR count). The highest BCUT2D eigenvalue weighted by molar-refractivity contribution is 6.49. The van der Waals surface area contributed by atoms with Gasteiger partial charge in [0.05, 0.1) is 11.0 Å². The van der Waals surface area contributed by atoms with Crippen LogP contribution in [-0.2, 0) is 6.42 Å². The number of carbonyl (C=O) groups is 2. The van der Waals surface area contributed by atoms with Crippen LogP contribution in [0.5, 0.6) is 0 Å². The van der Waals surface area contributed by atoms with Crippen LogP contribution >= 0.6 is 0 Å². The Hall–Kier alpha value is -2.95. The molecule has 23 heavy (non-hydrogen) atoms. The van der Waals surface area contributed by atoms with E-state index in [0.717, 1.165) is 18.5 Å². The monoisotopic (exact) mass is 305 g/mol. The maximum Gasteiger partial charge on any atom is 0.251 e. The third-order valence-electron chi connectivity index (χ3n) is 3.48. The minimum absolute atomic E-state index is 0.181. The molecule has 5 nitrogen and oxygen atoms in total. The largest absolute Gasteiger partial charge is 0.285 e. The van der Waals surface area contributed by atoms with Crippen molar-refractivity contribution in [2.45, 2.75) is 19.8 Å². The number of aromatic nitrogens is 3. The van der Waals surface area contributed by atoms with E-state index < -0.39 is 11.6 Å². The highest BCUT2D eigenvalue weighted by Gasteiger charge is 2.20. The van der Waals surface area contributed by atoms with Crippen molar-refractivity contribution in [2.75, 3.05) is 0 Å². The minimum atomic E-state index is -0.605. The first kappa shape index (κ1) is 15.0. The van der Waals surface area contributed by atoms with Crippen molar-refractivity contribution >= 4 is 22.6 Å². The number of carbonyl (C=O) groups excluding carboxylic acids is 2. The van der Waals surface area contributed by atoms with E-state index in [1.807, 2.05) is 13.0 Å². The Labute approximate surface area is 133 Å². The van der Waals surface area contributed by atoms with Gasteiger partial charge in [0.1, 0.15) is 5.69 Å². The van der Waals surface area contributed by atoms with Crippen molar-refractivity contribution in [2.24, 2.45) is 0 Å². The van der Waals surface area contributed by atoms with Crippen molar-refractivity contribution in [1.29, 1.82) is 0 Å². The molecule has 0 unspecified atom stereocenters. The molecule has 0 radical (unpaired) electrons. The van der Waals surface area contributed by atoms with Crippen LogP contribution in [0.1, 0.15) is 39.9 Å². The summed E-state index contributed by atoms with van der Waals surface area (Å²) >= 11 is 0. The molecule has 0 spiro atoms. The van der Waals surface area contributed by atoms with E-state index in [4.69, 9.17) is 0 Å². The lowest BCUT2D eigenvalue weighted by Gasteiger charge is -2.04. The van der Waals surface area contributed by atoms with Crippen LogP contribution in [0.2, 0.25) is 0 Å². The van der Waals surface area contributed by atoms with Crippen molar-refractivity contribution < 1.29 is 9.59 Å². The van der Waals surface area contributed by atoms with Crippen LogP contribution in [0.4, 0.5) is 0 Å². The Balaban J connectivity index is 1.91. The van der Waals surface area contributed by atoms with E-state index in [9.17, 15) is 9.59 Å². The van der Waals surface area contributed by atoms with E-state index in [-0.39, 0.29) is 5.69 Å². The Kier molecular flexibility index (Phi) is 4.19. The number of fused-ring (bicyclic) bond motifs is 1. The van der Waals surface area contributed by atoms with Gasteiger partial charge in [-0.25, -0.2) is 4.98 Å². The Bertz CT molecular complexity index is 890. The predicted molar refractivity (Wildman–Crippen MR) is 86.4 cm³/mol. The molecule has 0 amide bonds. The highest BCUT2D eigenvalue weighted by atomic mass is 16.2. The predicted octanol–water partition coefficient (Wildman–Crippen LogP) is 3.04. The Morgan fingerprint density at radius 2 is 1.74 bits per heavy atom. The summed E-state index contributed by atoms with van der Waals surface area (Å²) in [5.41, 5.74) is 2.56. The van der Waals surface area contributed by atoms with Crippen molar-refractivity contribution in [1.82, 2.24) is 15.0 Å². The molecule has 0 aliphatic heterocycles. The number of benzene rings is 1. The van der Waals surface area contributed by atoms with Gasteiger partial charge in [-0.15, -0.1) is 0 Å². The summed E-state index contributed by atoms with van der Waals surface area (Å²) in [5.74, 6) is -1.19. The molecule has 0 bridgehead atoms. The normalized spacial score (nSPS) is 10.7. The first-order valence-electron chi connectivity index (χ1n) is 7.45. The molecular weight excluding hydrogens is 290 g/mol. The average Bonchev–Trinajstić information content (AvgIpc) is 2.60. The number of nitrogens with zero attached hydrogens (tertiary/aromatic N) is 3. The standard InChI is InChI=1S/C18H15N3O2/c1-2-4-13-5-3-6-15(21-13)18(23)17(22)12-7-8-14-16(11-12)20-10-9-19-14/h3,5-11H,2,4H2,1H3. The zero-order valence-electron chi connectivity index (χ0n) is 12.7. The van der Waals surface area contributed by atoms with Crippen molar-refractivity contribution in [3.05, 3.63) is 65.7 Å². The number of Topliss-reactive ketones (excluding diaryl/α,β-unsaturated/α-hetero) is 2. The van der Waals surface area contributed by atoms with Gasteiger partial charge < -0.3 is 0 Å². The number of hydrogen-bond acceptors (Lipinski definition) is 5. The molecule has 2 aromatic heterocycles. The molecular formula is C18H15N3O2. The number of pyridine rings is 1. The quantitative estimate of drug-likeness (QED) is 0.535. The third kappa shape index (κ3) is 3.13. The van der Waals surface area contributed by atoms with Gasteiger partial charge in [-0.3, -0.25) is 19.6 Å². The summed E-state index contributed by atoms with van der Waals surface area (Å²) in [4.78, 5) is 37.4. The Morgan fingerprint density at radius 3 is 2.52 bits per heavy atom. The highest BCUT2D eigenvalue weighted by Crippen LogP contribution is 2.13. The number of rotatable bonds is 5. The van der Waals surface area contributed by atoms with E-state index in [0.29, 0.717) is 16.6 Å². The fourth-order valence-corrected chi connectivity index (χ4v) is 2.35. The lowest BCUT2D eigenvalue weighted by molar-refractivity contribution is 0.0814. The lowest BCUT2D eigenvalue weighted by atomic mass is 10.0. The van der Waals surface area contributed by atoms with Crippen LogP contribution in [-0.4, -0.2) is 26.5 Å². The summed E-state index contributed by atoms with van der Waals surface area (Å²) in [6.07, 6.45) is 4.84. The molecule has 0 saturated heterocycles. The summed E-state index contributed by atoms with van der Waals surface area (Å²) in [5, 5.41) is 0. The summed E-state index contributed by atoms with van der Waals surface area (Å²) in [6, 6.07) is 10.0. The van der Waals surface area contributed by atoms with Crippen LogP contribution < -0.4 is 0 Å². The maximum atomic E-state index is 12.4. The second kappa shape index (κ2) is 6.44. The van der Waals surface area contributed by atoms with Crippen molar-refractivity contribution in [3.63, 3.8) is 0 Å². The van der Waals surface area contributed by atoms with Crippen LogP contribution in [0.3, 0.4) is 0 Å². The van der Waals surface area contributed by atoms with Gasteiger partial charge in [-0.05, 0) is 36.8 Å². The molecule has 2 heterocycles. The van der Waals surface area contributed by atoms with E-state index in [1.165, 1.54) is 0 Å². The number of aryl methyl sites for hydroxylation is 1. The molecule has 5 heteroatoms. The number of hydrogen-bond donors (Lipinski definition) is 0. The molecule has 0 atom stereocenters. The molecule has 0 aliphatic carbocycles. The van der Waals surface area contributed by atoms with Crippen LogP contribution in [0.15, 0.2) is 48.8 Å². The van der Waals surface area contributed by atoms with Crippen molar-refractivity contribution in [3.8, 4) is 0 Å². The minimum Gasteiger partial charge on any atom is -0.285 e. The Morgan fingerprint density at radius 1 is 0.957 bits per heavy atom. The van der Waals surface area contributed by atoms with Gasteiger partial charge in [-0.1, -0.05) is 19.4 Å². The van der Waals surface area contributed by atoms with Gasteiger partial charge in [0.2, 0.25) is 5.78 Å². The molecule has 0 N–H and O–H groups in total. The van der Waals surface area contributed by atoms with Gasteiger partial charge in [0, 0.05) is 23.7 Å². The first-order chi connectivity index (χ1) is 11.2. The average molecular weight is 305 g/mol. The molecule has 114 valence electrons. The summed E-state index contributed by atoms with van der Waals surface area (Å²) in [6.45, 7) is 2.04. The third-order valence-corrected chi connectivity index (χ3v) is 3.48. The molecule has 0 saturated carbocycles. The van der Waals surface area contributed by atoms with E-state index >= 15 is 0 Å². The van der Waals surface area contributed by atoms with Gasteiger partial charge in [0.25, 0.3) is 5.78 Å². The molecule has 3 aromatic rings. The zero-order valence-corrected chi connectivity index (χ0v) is 12.7. The zero-order chi connectivity index (χ0) is 16.2.